The largest absolute Gasteiger partial charge is 0.454 e. The molecule has 0 saturated heterocycles. The third-order valence-electron chi connectivity index (χ3n) is 5.74. The summed E-state index contributed by atoms with van der Waals surface area (Å²) >= 11 is 0. The van der Waals surface area contributed by atoms with Crippen LogP contribution in [-0.2, 0) is 9.53 Å². The second-order valence-corrected chi connectivity index (χ2v) is 10.3. The minimum Gasteiger partial charge on any atom is -0.454 e. The summed E-state index contributed by atoms with van der Waals surface area (Å²) in [4.78, 5) is 24.9. The van der Waals surface area contributed by atoms with Crippen LogP contribution in [0.5, 0.6) is 0 Å². The minimum absolute atomic E-state index is 0.138. The normalized spacial score (nSPS) is 12.6. The van der Waals surface area contributed by atoms with Gasteiger partial charge in [0.1, 0.15) is 12.4 Å². The summed E-state index contributed by atoms with van der Waals surface area (Å²) in [7, 11) is -0.958. The highest BCUT2D eigenvalue weighted by molar-refractivity contribution is 7.80. The number of carbonyl (C=O) groups excluding carboxylic acids is 2. The number of rotatable bonds is 9. The van der Waals surface area contributed by atoms with E-state index in [1.165, 1.54) is 0 Å². The molecule has 0 heterocycles. The Hall–Kier alpha value is -3.55. The predicted octanol–water partition coefficient (Wildman–Crippen LogP) is 5.57. The van der Waals surface area contributed by atoms with Crippen molar-refractivity contribution in [2.45, 2.75) is 19.4 Å². The van der Waals surface area contributed by atoms with Gasteiger partial charge in [0.25, 0.3) is 0 Å². The molecule has 0 aromatic heterocycles. The van der Waals surface area contributed by atoms with E-state index in [2.05, 4.69) is 24.3 Å². The van der Waals surface area contributed by atoms with Crippen molar-refractivity contribution < 1.29 is 14.3 Å². The zero-order valence-corrected chi connectivity index (χ0v) is 20.0. The molecule has 2 atom stereocenters. The lowest BCUT2D eigenvalue weighted by molar-refractivity contribution is -0.109. The zero-order chi connectivity index (χ0) is 23.8. The van der Waals surface area contributed by atoms with Crippen molar-refractivity contribution in [3.8, 4) is 0 Å². The fourth-order valence-corrected chi connectivity index (χ4v) is 6.47. The molecule has 4 aromatic carbocycles. The van der Waals surface area contributed by atoms with Gasteiger partial charge in [-0.2, -0.15) is 0 Å². The van der Waals surface area contributed by atoms with Gasteiger partial charge in [0.05, 0.1) is 5.56 Å². The van der Waals surface area contributed by atoms with Crippen LogP contribution in [0.15, 0.2) is 115 Å². The van der Waals surface area contributed by atoms with Crippen LogP contribution in [0.3, 0.4) is 0 Å². The molecule has 4 aromatic rings. The van der Waals surface area contributed by atoms with Crippen LogP contribution in [0, 0.1) is 5.92 Å². The van der Waals surface area contributed by atoms with Gasteiger partial charge in [-0.15, -0.1) is 0 Å². The molecule has 3 nitrogen and oxygen atoms in total. The van der Waals surface area contributed by atoms with Crippen molar-refractivity contribution in [1.29, 1.82) is 0 Å². The fraction of sp³-hybridized carbons (Fsp3) is 0.133. The molecule has 170 valence electrons. The molecule has 0 radical (unpaired) electrons. The SMILES string of the molecule is C[C@H](CC=O)[C@H](OC(=O)c1ccccc1P(c1ccccc1)c1ccccc1)c1ccccc1. The third-order valence-corrected chi connectivity index (χ3v) is 8.24. The Morgan fingerprint density at radius 3 is 1.82 bits per heavy atom. The fourth-order valence-electron chi connectivity index (χ4n) is 4.03. The maximum atomic E-state index is 13.6. The monoisotopic (exact) mass is 466 g/mol. The number of ether oxygens (including phenoxy) is 1. The Kier molecular flexibility index (Phi) is 8.01. The molecule has 0 amide bonds. The molecule has 0 saturated carbocycles. The molecule has 0 unspecified atom stereocenters. The Bertz CT molecular complexity index is 1170. The Morgan fingerprint density at radius 1 is 0.765 bits per heavy atom. The van der Waals surface area contributed by atoms with Crippen molar-refractivity contribution in [1.82, 2.24) is 0 Å². The summed E-state index contributed by atoms with van der Waals surface area (Å²) in [5.74, 6) is -0.512. The number of carbonyl (C=O) groups is 2. The van der Waals surface area contributed by atoms with Gasteiger partial charge >= 0.3 is 5.97 Å². The maximum absolute atomic E-state index is 13.6. The van der Waals surface area contributed by atoms with E-state index < -0.39 is 14.0 Å². The summed E-state index contributed by atoms with van der Waals surface area (Å²) < 4.78 is 6.11. The summed E-state index contributed by atoms with van der Waals surface area (Å²) in [6.07, 6.45) is 0.688. The summed E-state index contributed by atoms with van der Waals surface area (Å²) in [6, 6.07) is 37.9. The van der Waals surface area contributed by atoms with Gasteiger partial charge in [-0.05, 0) is 35.5 Å². The highest BCUT2D eigenvalue weighted by atomic mass is 31.1. The second-order valence-electron chi connectivity index (χ2n) is 8.14. The number of esters is 1. The molecular formula is C30H27O3P. The smallest absolute Gasteiger partial charge is 0.339 e. The Labute approximate surface area is 202 Å². The lowest BCUT2D eigenvalue weighted by Gasteiger charge is -2.25. The van der Waals surface area contributed by atoms with Crippen molar-refractivity contribution in [3.05, 3.63) is 126 Å². The molecule has 34 heavy (non-hydrogen) atoms. The predicted molar refractivity (Wildman–Crippen MR) is 140 cm³/mol. The van der Waals surface area contributed by atoms with E-state index in [4.69, 9.17) is 4.74 Å². The van der Waals surface area contributed by atoms with Crippen molar-refractivity contribution in [2.24, 2.45) is 5.92 Å². The first-order valence-electron chi connectivity index (χ1n) is 11.4. The van der Waals surface area contributed by atoms with Crippen LogP contribution in [0.2, 0.25) is 0 Å². The molecule has 0 spiro atoms. The van der Waals surface area contributed by atoms with Crippen molar-refractivity contribution >= 4 is 36.1 Å². The first kappa shape index (κ1) is 23.6. The van der Waals surface area contributed by atoms with Gasteiger partial charge in [-0.25, -0.2) is 4.79 Å². The molecule has 0 bridgehead atoms. The number of hydrogen-bond donors (Lipinski definition) is 0. The van der Waals surface area contributed by atoms with E-state index in [9.17, 15) is 9.59 Å². The van der Waals surface area contributed by atoms with Crippen LogP contribution < -0.4 is 15.9 Å². The van der Waals surface area contributed by atoms with Crippen LogP contribution in [-0.4, -0.2) is 12.3 Å². The summed E-state index contributed by atoms with van der Waals surface area (Å²) in [5, 5.41) is 3.28. The maximum Gasteiger partial charge on any atom is 0.339 e. The van der Waals surface area contributed by atoms with Gasteiger partial charge in [0.2, 0.25) is 0 Å². The van der Waals surface area contributed by atoms with Crippen molar-refractivity contribution in [2.75, 3.05) is 0 Å². The lowest BCUT2D eigenvalue weighted by Crippen LogP contribution is -2.27. The van der Waals surface area contributed by atoms with Crippen LogP contribution >= 0.6 is 7.92 Å². The van der Waals surface area contributed by atoms with E-state index in [1.807, 2.05) is 97.9 Å². The van der Waals surface area contributed by atoms with Gasteiger partial charge in [0, 0.05) is 12.3 Å². The molecule has 0 aliphatic heterocycles. The van der Waals surface area contributed by atoms with Crippen LogP contribution in [0.4, 0.5) is 0 Å². The summed E-state index contributed by atoms with van der Waals surface area (Å²) in [5.41, 5.74) is 1.44. The highest BCUT2D eigenvalue weighted by Gasteiger charge is 2.27. The number of benzene rings is 4. The van der Waals surface area contributed by atoms with E-state index in [0.29, 0.717) is 12.0 Å². The molecule has 0 aliphatic rings. The van der Waals surface area contributed by atoms with Gasteiger partial charge in [0.15, 0.2) is 0 Å². The average molecular weight is 467 g/mol. The second kappa shape index (κ2) is 11.5. The molecule has 0 fully saturated rings. The average Bonchev–Trinajstić information content (AvgIpc) is 2.89. The first-order valence-corrected chi connectivity index (χ1v) is 12.7. The lowest BCUT2D eigenvalue weighted by atomic mass is 9.95. The molecular weight excluding hydrogens is 439 g/mol. The minimum atomic E-state index is -0.958. The standard InChI is InChI=1S/C30H27O3P/c1-23(21-22-31)29(24-13-5-2-6-14-24)33-30(32)27-19-11-12-20-28(27)34(25-15-7-3-8-16-25)26-17-9-4-10-18-26/h2-20,22-23,29H,21H2,1H3/t23-,29+/m1/s1. The Morgan fingerprint density at radius 2 is 1.26 bits per heavy atom. The van der Waals surface area contributed by atoms with Gasteiger partial charge in [-0.1, -0.05) is 116 Å². The topological polar surface area (TPSA) is 43.4 Å². The third kappa shape index (κ3) is 5.50. The van der Waals surface area contributed by atoms with E-state index in [0.717, 1.165) is 27.8 Å². The first-order chi connectivity index (χ1) is 16.7. The van der Waals surface area contributed by atoms with Crippen molar-refractivity contribution in [3.63, 3.8) is 0 Å². The zero-order valence-electron chi connectivity index (χ0n) is 19.1. The van der Waals surface area contributed by atoms with E-state index in [-0.39, 0.29) is 11.9 Å². The van der Waals surface area contributed by atoms with Gasteiger partial charge < -0.3 is 9.53 Å². The highest BCUT2D eigenvalue weighted by Crippen LogP contribution is 2.35. The van der Waals surface area contributed by atoms with Crippen LogP contribution in [0.25, 0.3) is 0 Å². The molecule has 4 rings (SSSR count). The molecule has 0 aliphatic carbocycles. The molecule has 4 heteroatoms. The van der Waals surface area contributed by atoms with Gasteiger partial charge in [-0.3, -0.25) is 0 Å². The number of aldehydes is 1. The summed E-state index contributed by atoms with van der Waals surface area (Å²) in [6.45, 7) is 1.94. The quantitative estimate of drug-likeness (QED) is 0.184. The molecule has 0 N–H and O–H groups in total. The Balaban J connectivity index is 1.74. The number of hydrogen-bond acceptors (Lipinski definition) is 3. The van der Waals surface area contributed by atoms with E-state index in [1.54, 1.807) is 0 Å². The van der Waals surface area contributed by atoms with Crippen LogP contribution in [0.1, 0.15) is 35.4 Å². The van der Waals surface area contributed by atoms with E-state index >= 15 is 0 Å².